The maximum atomic E-state index is 5.26. The molecule has 0 unspecified atom stereocenters. The molecule has 2 aliphatic heterocycles. The summed E-state index contributed by atoms with van der Waals surface area (Å²) in [5.74, 6) is 0.897. The molecule has 27 heavy (non-hydrogen) atoms. The van der Waals surface area contributed by atoms with E-state index in [0.29, 0.717) is 5.41 Å². The van der Waals surface area contributed by atoms with Crippen LogP contribution in [-0.2, 0) is 13.1 Å². The third-order valence-electron chi connectivity index (χ3n) is 6.59. The average Bonchev–Trinajstić information content (AvgIpc) is 3.19. The van der Waals surface area contributed by atoms with Crippen molar-refractivity contribution in [3.05, 3.63) is 46.8 Å². The van der Waals surface area contributed by atoms with Gasteiger partial charge in [0, 0.05) is 24.3 Å². The molecule has 2 aromatic rings. The number of benzene rings is 1. The topological polar surface area (TPSA) is 42.3 Å². The molecule has 0 radical (unpaired) electrons. The zero-order valence-corrected chi connectivity index (χ0v) is 16.9. The van der Waals surface area contributed by atoms with E-state index in [1.165, 1.54) is 68.0 Å². The molecule has 4 rings (SSSR count). The molecule has 5 heteroatoms. The Hall–Kier alpha value is -1.85. The largest absolute Gasteiger partial charge is 0.497 e. The van der Waals surface area contributed by atoms with Gasteiger partial charge in [0.2, 0.25) is 0 Å². The van der Waals surface area contributed by atoms with E-state index < -0.39 is 0 Å². The highest BCUT2D eigenvalue weighted by Gasteiger charge is 2.38. The molecule has 1 aromatic heterocycles. The van der Waals surface area contributed by atoms with Crippen molar-refractivity contribution in [1.82, 2.24) is 20.0 Å². The van der Waals surface area contributed by atoms with Crippen LogP contribution in [0.1, 0.15) is 41.8 Å². The zero-order chi connectivity index (χ0) is 18.9. The number of methoxy groups -OCH3 is 1. The van der Waals surface area contributed by atoms with Crippen LogP contribution in [0, 0.1) is 19.3 Å². The quantitative estimate of drug-likeness (QED) is 0.880. The molecule has 0 amide bonds. The summed E-state index contributed by atoms with van der Waals surface area (Å²) in [7, 11) is 1.70. The second kappa shape index (κ2) is 7.64. The summed E-state index contributed by atoms with van der Waals surface area (Å²) in [6, 6.07) is 8.28. The SMILES string of the molecule is COc1ccc(Cn2nc(C)c(CN3CCC4(CCNCC4)C3)c2C)cc1. The third-order valence-corrected chi connectivity index (χ3v) is 6.59. The van der Waals surface area contributed by atoms with Crippen molar-refractivity contribution in [1.29, 1.82) is 0 Å². The number of hydrogen-bond acceptors (Lipinski definition) is 4. The fourth-order valence-electron chi connectivity index (χ4n) is 4.77. The molecule has 2 saturated heterocycles. The summed E-state index contributed by atoms with van der Waals surface area (Å²) in [5, 5.41) is 8.36. The number of ether oxygens (including phenoxy) is 1. The predicted octanol–water partition coefficient (Wildman–Crippen LogP) is 3.13. The number of aromatic nitrogens is 2. The molecule has 1 N–H and O–H groups in total. The summed E-state index contributed by atoms with van der Waals surface area (Å²) in [6.07, 6.45) is 4.02. The molecule has 146 valence electrons. The van der Waals surface area contributed by atoms with Crippen LogP contribution in [0.25, 0.3) is 0 Å². The van der Waals surface area contributed by atoms with Gasteiger partial charge in [-0.05, 0) is 75.9 Å². The molecule has 2 fully saturated rings. The van der Waals surface area contributed by atoms with Crippen molar-refractivity contribution in [3.63, 3.8) is 0 Å². The summed E-state index contributed by atoms with van der Waals surface area (Å²) in [5.41, 5.74) is 5.70. The molecule has 1 spiro atoms. The van der Waals surface area contributed by atoms with Gasteiger partial charge in [0.1, 0.15) is 5.75 Å². The van der Waals surface area contributed by atoms with Gasteiger partial charge in [0.15, 0.2) is 0 Å². The summed E-state index contributed by atoms with van der Waals surface area (Å²) in [4.78, 5) is 2.65. The molecule has 0 bridgehead atoms. The minimum atomic E-state index is 0.562. The van der Waals surface area contributed by atoms with Gasteiger partial charge < -0.3 is 10.1 Å². The Balaban J connectivity index is 1.44. The van der Waals surface area contributed by atoms with Gasteiger partial charge in [-0.1, -0.05) is 12.1 Å². The van der Waals surface area contributed by atoms with Crippen LogP contribution in [0.3, 0.4) is 0 Å². The first-order valence-electron chi connectivity index (χ1n) is 10.2. The molecular formula is C22H32N4O. The number of nitrogens with zero attached hydrogens (tertiary/aromatic N) is 3. The van der Waals surface area contributed by atoms with Gasteiger partial charge in [-0.15, -0.1) is 0 Å². The summed E-state index contributed by atoms with van der Waals surface area (Å²) < 4.78 is 7.41. The van der Waals surface area contributed by atoms with Crippen molar-refractivity contribution in [3.8, 4) is 5.75 Å². The van der Waals surface area contributed by atoms with E-state index in [4.69, 9.17) is 9.84 Å². The third kappa shape index (κ3) is 3.90. The molecule has 2 aliphatic rings. The Labute approximate surface area is 162 Å². The lowest BCUT2D eigenvalue weighted by Crippen LogP contribution is -2.38. The van der Waals surface area contributed by atoms with E-state index in [9.17, 15) is 0 Å². The van der Waals surface area contributed by atoms with Gasteiger partial charge in [0.25, 0.3) is 0 Å². The summed E-state index contributed by atoms with van der Waals surface area (Å²) in [6.45, 7) is 11.1. The van der Waals surface area contributed by atoms with Crippen molar-refractivity contribution in [2.75, 3.05) is 33.3 Å². The molecule has 5 nitrogen and oxygen atoms in total. The lowest BCUT2D eigenvalue weighted by Gasteiger charge is -2.34. The Bertz CT molecular complexity index is 774. The van der Waals surface area contributed by atoms with E-state index >= 15 is 0 Å². The van der Waals surface area contributed by atoms with Gasteiger partial charge in [-0.2, -0.15) is 5.10 Å². The van der Waals surface area contributed by atoms with Crippen LogP contribution >= 0.6 is 0 Å². The Kier molecular flexibility index (Phi) is 5.24. The van der Waals surface area contributed by atoms with Crippen LogP contribution in [0.4, 0.5) is 0 Å². The van der Waals surface area contributed by atoms with Crippen molar-refractivity contribution in [2.45, 2.75) is 46.2 Å². The Morgan fingerprint density at radius 3 is 2.52 bits per heavy atom. The van der Waals surface area contributed by atoms with Crippen LogP contribution in [0.15, 0.2) is 24.3 Å². The predicted molar refractivity (Wildman–Crippen MR) is 108 cm³/mol. The Morgan fingerprint density at radius 2 is 1.81 bits per heavy atom. The highest BCUT2D eigenvalue weighted by Crippen LogP contribution is 2.39. The first kappa shape index (κ1) is 18.5. The normalized spacial score (nSPS) is 19.7. The maximum absolute atomic E-state index is 5.26. The lowest BCUT2D eigenvalue weighted by atomic mass is 9.78. The zero-order valence-electron chi connectivity index (χ0n) is 16.9. The number of hydrogen-bond donors (Lipinski definition) is 1. The monoisotopic (exact) mass is 368 g/mol. The van der Waals surface area contributed by atoms with Gasteiger partial charge >= 0.3 is 0 Å². The highest BCUT2D eigenvalue weighted by molar-refractivity contribution is 5.29. The molecule has 3 heterocycles. The fraction of sp³-hybridized carbons (Fsp3) is 0.591. The van der Waals surface area contributed by atoms with E-state index in [1.54, 1.807) is 7.11 Å². The van der Waals surface area contributed by atoms with Crippen LogP contribution in [-0.4, -0.2) is 48.0 Å². The number of aryl methyl sites for hydroxylation is 1. The van der Waals surface area contributed by atoms with E-state index in [-0.39, 0.29) is 0 Å². The van der Waals surface area contributed by atoms with E-state index in [1.807, 2.05) is 12.1 Å². The molecule has 0 saturated carbocycles. The first-order valence-corrected chi connectivity index (χ1v) is 10.2. The van der Waals surface area contributed by atoms with E-state index in [0.717, 1.165) is 18.8 Å². The van der Waals surface area contributed by atoms with Crippen LogP contribution < -0.4 is 10.1 Å². The lowest BCUT2D eigenvalue weighted by molar-refractivity contribution is 0.193. The van der Waals surface area contributed by atoms with Crippen molar-refractivity contribution < 1.29 is 4.74 Å². The fourth-order valence-corrected chi connectivity index (χ4v) is 4.77. The molecule has 1 aromatic carbocycles. The summed E-state index contributed by atoms with van der Waals surface area (Å²) >= 11 is 0. The number of rotatable bonds is 5. The van der Waals surface area contributed by atoms with Gasteiger partial charge in [0.05, 0.1) is 19.3 Å². The number of nitrogens with one attached hydrogen (secondary N) is 1. The molecule has 0 atom stereocenters. The average molecular weight is 369 g/mol. The first-order chi connectivity index (χ1) is 13.1. The van der Waals surface area contributed by atoms with E-state index in [2.05, 4.69) is 40.9 Å². The smallest absolute Gasteiger partial charge is 0.118 e. The highest BCUT2D eigenvalue weighted by atomic mass is 16.5. The molecular weight excluding hydrogens is 336 g/mol. The second-order valence-electron chi connectivity index (χ2n) is 8.37. The second-order valence-corrected chi connectivity index (χ2v) is 8.37. The number of piperidine rings is 1. The molecule has 0 aliphatic carbocycles. The minimum Gasteiger partial charge on any atom is -0.497 e. The van der Waals surface area contributed by atoms with Gasteiger partial charge in [-0.3, -0.25) is 9.58 Å². The minimum absolute atomic E-state index is 0.562. The standard InChI is InChI=1S/C22H32N4O/c1-17-21(15-25-13-10-22(16-25)8-11-23-12-9-22)18(2)26(24-17)14-19-4-6-20(27-3)7-5-19/h4-7,23H,8-16H2,1-3H3. The van der Waals surface area contributed by atoms with Crippen LogP contribution in [0.2, 0.25) is 0 Å². The Morgan fingerprint density at radius 1 is 1.07 bits per heavy atom. The maximum Gasteiger partial charge on any atom is 0.118 e. The van der Waals surface area contributed by atoms with Gasteiger partial charge in [-0.25, -0.2) is 0 Å². The van der Waals surface area contributed by atoms with Crippen LogP contribution in [0.5, 0.6) is 5.75 Å². The number of likely N-dealkylation sites (tertiary alicyclic amines) is 1. The van der Waals surface area contributed by atoms with Crippen molar-refractivity contribution in [2.24, 2.45) is 5.41 Å². The van der Waals surface area contributed by atoms with Crippen molar-refractivity contribution >= 4 is 0 Å².